The summed E-state index contributed by atoms with van der Waals surface area (Å²) in [4.78, 5) is 21.2. The fraction of sp³-hybridized carbons (Fsp3) is 0.611. The highest BCUT2D eigenvalue weighted by atomic mass is 16.2. The van der Waals surface area contributed by atoms with Crippen LogP contribution in [0.3, 0.4) is 0 Å². The first-order valence-corrected chi connectivity index (χ1v) is 8.47. The van der Waals surface area contributed by atoms with Crippen LogP contribution in [0.2, 0.25) is 0 Å². The second-order valence-electron chi connectivity index (χ2n) is 7.10. The van der Waals surface area contributed by atoms with Crippen molar-refractivity contribution in [2.24, 2.45) is 0 Å². The van der Waals surface area contributed by atoms with Crippen LogP contribution in [-0.2, 0) is 17.9 Å². The lowest BCUT2D eigenvalue weighted by atomic mass is 10.1. The Morgan fingerprint density at radius 1 is 1.13 bits per heavy atom. The van der Waals surface area contributed by atoms with Crippen LogP contribution in [0.4, 0.5) is 0 Å². The molecule has 1 aromatic rings. The molecule has 1 amide bonds. The number of amides is 1. The Morgan fingerprint density at radius 2 is 1.87 bits per heavy atom. The number of benzene rings is 1. The van der Waals surface area contributed by atoms with Crippen LogP contribution < -0.4 is 0 Å². The summed E-state index contributed by atoms with van der Waals surface area (Å²) in [5.41, 5.74) is 2.69. The third-order valence-corrected chi connectivity index (χ3v) is 4.86. The molecule has 5 heteroatoms. The van der Waals surface area contributed by atoms with Gasteiger partial charge >= 0.3 is 0 Å². The number of rotatable bonds is 4. The monoisotopic (exact) mass is 316 g/mol. The Labute approximate surface area is 139 Å². The summed E-state index contributed by atoms with van der Waals surface area (Å²) in [6.45, 7) is 6.67. The van der Waals surface area contributed by atoms with Gasteiger partial charge in [-0.15, -0.1) is 0 Å². The van der Waals surface area contributed by atoms with Crippen molar-refractivity contribution in [1.82, 2.24) is 19.6 Å². The summed E-state index contributed by atoms with van der Waals surface area (Å²) in [5, 5.41) is 0. The topological polar surface area (TPSA) is 30.0 Å². The van der Waals surface area contributed by atoms with Gasteiger partial charge in [0.25, 0.3) is 0 Å². The van der Waals surface area contributed by atoms with E-state index < -0.39 is 0 Å². The summed E-state index contributed by atoms with van der Waals surface area (Å²) in [7, 11) is 6.11. The van der Waals surface area contributed by atoms with Crippen molar-refractivity contribution < 1.29 is 4.79 Å². The second-order valence-corrected chi connectivity index (χ2v) is 7.10. The second kappa shape index (κ2) is 6.99. The fourth-order valence-corrected chi connectivity index (χ4v) is 3.62. The normalized spacial score (nSPS) is 23.4. The molecule has 2 saturated heterocycles. The smallest absolute Gasteiger partial charge is 0.241 e. The summed E-state index contributed by atoms with van der Waals surface area (Å²) in [6, 6.07) is 8.86. The van der Waals surface area contributed by atoms with Crippen molar-refractivity contribution >= 4 is 5.91 Å². The van der Waals surface area contributed by atoms with Crippen LogP contribution in [0.1, 0.15) is 11.1 Å². The largest absolute Gasteiger partial charge is 0.343 e. The lowest BCUT2D eigenvalue weighted by Crippen LogP contribution is -2.63. The Hall–Kier alpha value is -1.43. The van der Waals surface area contributed by atoms with Crippen LogP contribution in [0.5, 0.6) is 0 Å². The molecule has 0 radical (unpaired) electrons. The van der Waals surface area contributed by atoms with Gasteiger partial charge in [-0.1, -0.05) is 24.3 Å². The minimum Gasteiger partial charge on any atom is -0.343 e. The Bertz CT molecular complexity index is 560. The summed E-state index contributed by atoms with van der Waals surface area (Å²) in [6.07, 6.45) is 0. The number of carbonyl (C=O) groups excluding carboxylic acids is 1. The Balaban J connectivity index is 1.63. The molecule has 5 nitrogen and oxygen atoms in total. The van der Waals surface area contributed by atoms with Gasteiger partial charge in [0.05, 0.1) is 0 Å². The first-order valence-electron chi connectivity index (χ1n) is 8.47. The summed E-state index contributed by atoms with van der Waals surface area (Å²) in [5.74, 6) is 0.280. The van der Waals surface area contributed by atoms with E-state index >= 15 is 0 Å². The Kier molecular flexibility index (Phi) is 4.99. The van der Waals surface area contributed by atoms with Crippen molar-refractivity contribution in [1.29, 1.82) is 0 Å². The first-order chi connectivity index (χ1) is 11.0. The lowest BCUT2D eigenvalue weighted by molar-refractivity contribution is -0.143. The molecule has 1 aromatic carbocycles. The highest BCUT2D eigenvalue weighted by Crippen LogP contribution is 2.18. The number of hydrogen-bond donors (Lipinski definition) is 0. The zero-order chi connectivity index (χ0) is 16.4. The van der Waals surface area contributed by atoms with Crippen LogP contribution in [-0.4, -0.2) is 85.4 Å². The zero-order valence-corrected chi connectivity index (χ0v) is 14.5. The molecule has 0 aromatic heterocycles. The van der Waals surface area contributed by atoms with E-state index in [4.69, 9.17) is 0 Å². The van der Waals surface area contributed by atoms with E-state index in [1.54, 1.807) is 0 Å². The van der Waals surface area contributed by atoms with Gasteiger partial charge in [-0.3, -0.25) is 14.6 Å². The SMILES string of the molecule is CN(C)Cc1cccc(CN2CCN3CCN(C)C(=O)[C@@H]3C2)c1. The van der Waals surface area contributed by atoms with Gasteiger partial charge in [-0.05, 0) is 25.2 Å². The van der Waals surface area contributed by atoms with E-state index in [0.717, 1.165) is 45.8 Å². The maximum absolute atomic E-state index is 12.4. The average Bonchev–Trinajstić information content (AvgIpc) is 2.51. The minimum absolute atomic E-state index is 0.0486. The van der Waals surface area contributed by atoms with E-state index in [1.165, 1.54) is 11.1 Å². The molecule has 0 saturated carbocycles. The summed E-state index contributed by atoms with van der Waals surface area (Å²) >= 11 is 0. The van der Waals surface area contributed by atoms with Crippen molar-refractivity contribution in [2.45, 2.75) is 19.1 Å². The standard InChI is InChI=1S/C18H28N4O/c1-19(2)12-15-5-4-6-16(11-15)13-21-8-10-22-9-7-20(3)18(23)17(22)14-21/h4-6,11,17H,7-10,12-14H2,1-3H3/t17-/m0/s1. The van der Waals surface area contributed by atoms with Crippen LogP contribution in [0.15, 0.2) is 24.3 Å². The van der Waals surface area contributed by atoms with Crippen molar-refractivity contribution in [3.63, 3.8) is 0 Å². The van der Waals surface area contributed by atoms with E-state index in [2.05, 4.69) is 53.1 Å². The van der Waals surface area contributed by atoms with Gasteiger partial charge < -0.3 is 9.80 Å². The molecule has 0 N–H and O–H groups in total. The van der Waals surface area contributed by atoms with Crippen LogP contribution in [0, 0.1) is 0 Å². The highest BCUT2D eigenvalue weighted by Gasteiger charge is 2.36. The molecule has 2 heterocycles. The number of carbonyl (C=O) groups is 1. The third-order valence-electron chi connectivity index (χ3n) is 4.86. The molecular formula is C18H28N4O. The molecule has 126 valence electrons. The molecule has 3 rings (SSSR count). The number of hydrogen-bond acceptors (Lipinski definition) is 4. The lowest BCUT2D eigenvalue weighted by Gasteiger charge is -2.45. The number of fused-ring (bicyclic) bond motifs is 1. The van der Waals surface area contributed by atoms with Crippen LogP contribution in [0.25, 0.3) is 0 Å². The molecule has 0 unspecified atom stereocenters. The molecule has 0 aliphatic carbocycles. The number of likely N-dealkylation sites (N-methyl/N-ethyl adjacent to an activating group) is 1. The molecule has 2 fully saturated rings. The predicted molar refractivity (Wildman–Crippen MR) is 92.1 cm³/mol. The van der Waals surface area contributed by atoms with Gasteiger partial charge in [0.2, 0.25) is 5.91 Å². The number of piperazine rings is 2. The third kappa shape index (κ3) is 3.91. The van der Waals surface area contributed by atoms with Crippen molar-refractivity contribution in [2.75, 3.05) is 53.9 Å². The zero-order valence-electron chi connectivity index (χ0n) is 14.5. The van der Waals surface area contributed by atoms with Gasteiger partial charge in [0.1, 0.15) is 6.04 Å². The van der Waals surface area contributed by atoms with Crippen LogP contribution >= 0.6 is 0 Å². The van der Waals surface area contributed by atoms with E-state index in [9.17, 15) is 4.79 Å². The summed E-state index contributed by atoms with van der Waals surface area (Å²) < 4.78 is 0. The van der Waals surface area contributed by atoms with Gasteiger partial charge in [0.15, 0.2) is 0 Å². The van der Waals surface area contributed by atoms with E-state index in [-0.39, 0.29) is 11.9 Å². The van der Waals surface area contributed by atoms with E-state index in [1.807, 2.05) is 11.9 Å². The van der Waals surface area contributed by atoms with Gasteiger partial charge in [-0.2, -0.15) is 0 Å². The maximum atomic E-state index is 12.4. The maximum Gasteiger partial charge on any atom is 0.241 e. The highest BCUT2D eigenvalue weighted by molar-refractivity contribution is 5.82. The van der Waals surface area contributed by atoms with Gasteiger partial charge in [-0.25, -0.2) is 0 Å². The molecule has 2 aliphatic heterocycles. The molecule has 2 aliphatic rings. The number of nitrogens with zero attached hydrogens (tertiary/aromatic N) is 4. The minimum atomic E-state index is 0.0486. The average molecular weight is 316 g/mol. The first kappa shape index (κ1) is 16.4. The Morgan fingerprint density at radius 3 is 2.65 bits per heavy atom. The van der Waals surface area contributed by atoms with Gasteiger partial charge in [0, 0.05) is 52.9 Å². The van der Waals surface area contributed by atoms with Crippen molar-refractivity contribution in [3.8, 4) is 0 Å². The van der Waals surface area contributed by atoms with Crippen molar-refractivity contribution in [3.05, 3.63) is 35.4 Å². The quantitative estimate of drug-likeness (QED) is 0.818. The predicted octanol–water partition coefficient (Wildman–Crippen LogP) is 0.706. The van der Waals surface area contributed by atoms with E-state index in [0.29, 0.717) is 0 Å². The molecule has 23 heavy (non-hydrogen) atoms. The fourth-order valence-electron chi connectivity index (χ4n) is 3.62. The molecular weight excluding hydrogens is 288 g/mol. The molecule has 1 atom stereocenters. The molecule has 0 bridgehead atoms. The molecule has 0 spiro atoms.